The summed E-state index contributed by atoms with van der Waals surface area (Å²) in [7, 11) is 0. The number of hydrogen-bond acceptors (Lipinski definition) is 5. The third-order valence-corrected chi connectivity index (χ3v) is 6.01. The summed E-state index contributed by atoms with van der Waals surface area (Å²) in [6.45, 7) is 3.75. The Morgan fingerprint density at radius 3 is 2.68 bits per heavy atom. The molecule has 0 atom stereocenters. The number of aryl methyl sites for hydroxylation is 2. The molecule has 0 amide bonds. The van der Waals surface area contributed by atoms with E-state index in [2.05, 4.69) is 47.0 Å². The summed E-state index contributed by atoms with van der Waals surface area (Å²) in [4.78, 5) is 17.4. The number of hydrogen-bond donors (Lipinski definition) is 0. The van der Waals surface area contributed by atoms with Crippen molar-refractivity contribution in [2.24, 2.45) is 0 Å². The second-order valence-electron chi connectivity index (χ2n) is 4.51. The second kappa shape index (κ2) is 5.99. The molecule has 0 fully saturated rings. The SMILES string of the molecule is CCc1nnc(-n2c(C)nc3c(Br)cc(Br)c(Cl)c3c2=O)s1. The number of rotatable bonds is 2. The fourth-order valence-electron chi connectivity index (χ4n) is 2.06. The van der Waals surface area contributed by atoms with Crippen molar-refractivity contribution in [3.8, 4) is 5.13 Å². The van der Waals surface area contributed by atoms with Gasteiger partial charge in [0.2, 0.25) is 5.13 Å². The second-order valence-corrected chi connectivity index (χ2v) is 7.64. The molecule has 0 aliphatic carbocycles. The van der Waals surface area contributed by atoms with Crippen molar-refractivity contribution in [2.75, 3.05) is 0 Å². The minimum Gasteiger partial charge on any atom is -0.268 e. The summed E-state index contributed by atoms with van der Waals surface area (Å²) < 4.78 is 2.79. The standard InChI is InChI=1S/C13H9Br2ClN4OS/c1-3-8-18-19-13(22-8)20-5(2)17-11-7(15)4-6(14)10(16)9(11)12(20)21/h4H,3H2,1-2H3. The lowest BCUT2D eigenvalue weighted by atomic mass is 10.2. The molecule has 3 rings (SSSR count). The normalized spacial score (nSPS) is 11.3. The van der Waals surface area contributed by atoms with Gasteiger partial charge in [0.15, 0.2) is 0 Å². The molecule has 0 bridgehead atoms. The van der Waals surface area contributed by atoms with Crippen LogP contribution in [0.1, 0.15) is 17.8 Å². The summed E-state index contributed by atoms with van der Waals surface area (Å²) in [6.07, 6.45) is 0.768. The van der Waals surface area contributed by atoms with E-state index >= 15 is 0 Å². The van der Waals surface area contributed by atoms with Crippen LogP contribution < -0.4 is 5.56 Å². The van der Waals surface area contributed by atoms with Gasteiger partial charge in [-0.15, -0.1) is 10.2 Å². The molecule has 22 heavy (non-hydrogen) atoms. The third kappa shape index (κ3) is 2.51. The molecule has 0 radical (unpaired) electrons. The Morgan fingerprint density at radius 2 is 2.05 bits per heavy atom. The minimum absolute atomic E-state index is 0.256. The first-order valence-electron chi connectivity index (χ1n) is 6.33. The van der Waals surface area contributed by atoms with Crippen molar-refractivity contribution in [2.45, 2.75) is 20.3 Å². The highest BCUT2D eigenvalue weighted by Crippen LogP contribution is 2.34. The number of halogens is 3. The molecule has 5 nitrogen and oxygen atoms in total. The van der Waals surface area contributed by atoms with Gasteiger partial charge in [-0.25, -0.2) is 9.55 Å². The van der Waals surface area contributed by atoms with Crippen LogP contribution in [0.15, 0.2) is 19.8 Å². The van der Waals surface area contributed by atoms with Gasteiger partial charge in [0.25, 0.3) is 5.56 Å². The number of fused-ring (bicyclic) bond motifs is 1. The molecule has 0 aliphatic heterocycles. The Kier molecular flexibility index (Phi) is 4.37. The lowest BCUT2D eigenvalue weighted by molar-refractivity contribution is 0.854. The molecule has 2 aromatic heterocycles. The Balaban J connectivity index is 2.42. The van der Waals surface area contributed by atoms with E-state index in [1.807, 2.05) is 6.92 Å². The van der Waals surface area contributed by atoms with Crippen LogP contribution in [0.4, 0.5) is 0 Å². The topological polar surface area (TPSA) is 60.7 Å². The Bertz CT molecular complexity index is 953. The van der Waals surface area contributed by atoms with E-state index in [1.165, 1.54) is 15.9 Å². The van der Waals surface area contributed by atoms with Crippen molar-refractivity contribution < 1.29 is 0 Å². The molecule has 0 saturated carbocycles. The van der Waals surface area contributed by atoms with Crippen molar-refractivity contribution in [1.82, 2.24) is 19.7 Å². The van der Waals surface area contributed by atoms with E-state index in [0.717, 1.165) is 11.4 Å². The highest BCUT2D eigenvalue weighted by Gasteiger charge is 2.19. The van der Waals surface area contributed by atoms with E-state index in [9.17, 15) is 4.79 Å². The van der Waals surface area contributed by atoms with E-state index < -0.39 is 0 Å². The summed E-state index contributed by atoms with van der Waals surface area (Å²) >= 11 is 14.4. The van der Waals surface area contributed by atoms with Crippen molar-refractivity contribution in [1.29, 1.82) is 0 Å². The first kappa shape index (κ1) is 16.0. The lowest BCUT2D eigenvalue weighted by Crippen LogP contribution is -2.22. The number of nitrogens with zero attached hydrogens (tertiary/aromatic N) is 4. The zero-order valence-corrected chi connectivity index (χ0v) is 16.3. The molecule has 114 valence electrons. The quantitative estimate of drug-likeness (QED) is 0.531. The molecule has 9 heteroatoms. The van der Waals surface area contributed by atoms with Crippen molar-refractivity contribution >= 4 is 65.7 Å². The summed E-state index contributed by atoms with van der Waals surface area (Å²) in [5.74, 6) is 0.537. The lowest BCUT2D eigenvalue weighted by Gasteiger charge is -2.10. The molecule has 1 aromatic carbocycles. The maximum absolute atomic E-state index is 12.9. The Hall–Kier alpha value is -0.830. The molecule has 0 aliphatic rings. The Labute approximate surface area is 151 Å². The average Bonchev–Trinajstić information content (AvgIpc) is 2.93. The Morgan fingerprint density at radius 1 is 1.32 bits per heavy atom. The maximum Gasteiger partial charge on any atom is 0.269 e. The summed E-state index contributed by atoms with van der Waals surface area (Å²) in [5.41, 5.74) is 0.278. The van der Waals surface area contributed by atoms with Gasteiger partial charge in [-0.05, 0) is 51.3 Å². The van der Waals surface area contributed by atoms with Crippen molar-refractivity contribution in [3.63, 3.8) is 0 Å². The van der Waals surface area contributed by atoms with Gasteiger partial charge in [0.05, 0.1) is 15.9 Å². The van der Waals surface area contributed by atoms with Crippen molar-refractivity contribution in [3.05, 3.63) is 41.2 Å². The smallest absolute Gasteiger partial charge is 0.268 e. The fraction of sp³-hybridized carbons (Fsp3) is 0.231. The monoisotopic (exact) mass is 462 g/mol. The van der Waals surface area contributed by atoms with Crippen LogP contribution in [-0.4, -0.2) is 19.7 Å². The zero-order valence-electron chi connectivity index (χ0n) is 11.5. The van der Waals surface area contributed by atoms with Crippen LogP contribution in [0.25, 0.3) is 16.0 Å². The maximum atomic E-state index is 12.9. The van der Waals surface area contributed by atoms with E-state index in [0.29, 0.717) is 35.8 Å². The third-order valence-electron chi connectivity index (χ3n) is 3.11. The van der Waals surface area contributed by atoms with Gasteiger partial charge in [0.1, 0.15) is 10.8 Å². The van der Waals surface area contributed by atoms with Crippen LogP contribution in [0, 0.1) is 6.92 Å². The molecule has 0 spiro atoms. The van der Waals surface area contributed by atoms with Crippen LogP contribution >= 0.6 is 54.8 Å². The number of benzene rings is 1. The predicted octanol–water partition coefficient (Wildman–Crippen LogP) is 4.29. The molecule has 0 N–H and O–H groups in total. The van der Waals surface area contributed by atoms with Crippen LogP contribution in [0.5, 0.6) is 0 Å². The summed E-state index contributed by atoms with van der Waals surface area (Å²) in [5, 5.41) is 10.2. The van der Waals surface area contributed by atoms with Gasteiger partial charge < -0.3 is 0 Å². The van der Waals surface area contributed by atoms with E-state index in [1.54, 1.807) is 13.0 Å². The molecule has 2 heterocycles. The highest BCUT2D eigenvalue weighted by atomic mass is 79.9. The van der Waals surface area contributed by atoms with Gasteiger partial charge in [-0.2, -0.15) is 0 Å². The van der Waals surface area contributed by atoms with Crippen LogP contribution in [-0.2, 0) is 6.42 Å². The van der Waals surface area contributed by atoms with Gasteiger partial charge in [0, 0.05) is 8.95 Å². The predicted molar refractivity (Wildman–Crippen MR) is 95.3 cm³/mol. The molecule has 0 saturated heterocycles. The largest absolute Gasteiger partial charge is 0.269 e. The number of aromatic nitrogens is 4. The summed E-state index contributed by atoms with van der Waals surface area (Å²) in [6, 6.07) is 1.78. The van der Waals surface area contributed by atoms with E-state index in [-0.39, 0.29) is 5.56 Å². The van der Waals surface area contributed by atoms with E-state index in [4.69, 9.17) is 11.6 Å². The van der Waals surface area contributed by atoms with Gasteiger partial charge in [-0.3, -0.25) is 4.79 Å². The average molecular weight is 465 g/mol. The van der Waals surface area contributed by atoms with Gasteiger partial charge in [-0.1, -0.05) is 29.9 Å². The molecule has 3 aromatic rings. The van der Waals surface area contributed by atoms with Crippen LogP contribution in [0.3, 0.4) is 0 Å². The first-order chi connectivity index (χ1) is 10.4. The zero-order chi connectivity index (χ0) is 16.0. The molecular weight excluding hydrogens is 455 g/mol. The van der Waals surface area contributed by atoms with Crippen LogP contribution in [0.2, 0.25) is 5.02 Å². The first-order valence-corrected chi connectivity index (χ1v) is 9.11. The van der Waals surface area contributed by atoms with Gasteiger partial charge >= 0.3 is 0 Å². The minimum atomic E-state index is -0.256. The molecular formula is C13H9Br2ClN4OS. The molecule has 0 unspecified atom stereocenters. The fourth-order valence-corrected chi connectivity index (χ4v) is 4.36. The highest BCUT2D eigenvalue weighted by molar-refractivity contribution is 9.11.